The van der Waals surface area contributed by atoms with Gasteiger partial charge in [-0.25, -0.2) is 0 Å². The van der Waals surface area contributed by atoms with Crippen LogP contribution in [0, 0.1) is 63.2 Å². The SMILES string of the molecule is Cc1ccnc2c1ccc1c(C)ccnc12.[Eu+3]. The Balaban J connectivity index is 0.00000108. The fourth-order valence-electron chi connectivity index (χ4n) is 2.10. The molecule has 2 heterocycles. The summed E-state index contributed by atoms with van der Waals surface area (Å²) in [6, 6.07) is 8.33. The minimum atomic E-state index is 0. The zero-order valence-electron chi connectivity index (χ0n) is 9.74. The standard InChI is InChI=1S/C14H12N2.Eu/c1-9-5-7-15-13-11(9)3-4-12-10(2)6-8-16-14(12)13;/h3-8H,1-2H3;/q;+3. The van der Waals surface area contributed by atoms with Gasteiger partial charge in [0.25, 0.3) is 0 Å². The summed E-state index contributed by atoms with van der Waals surface area (Å²) in [5, 5.41) is 2.38. The molecule has 0 aliphatic carbocycles. The van der Waals surface area contributed by atoms with Crippen LogP contribution in [0.4, 0.5) is 0 Å². The fraction of sp³-hybridized carbons (Fsp3) is 0.143. The number of hydrogen-bond donors (Lipinski definition) is 0. The minimum absolute atomic E-state index is 0. The van der Waals surface area contributed by atoms with Gasteiger partial charge in [-0.2, -0.15) is 0 Å². The number of aromatic nitrogens is 2. The predicted octanol–water partition coefficient (Wildman–Crippen LogP) is 3.40. The van der Waals surface area contributed by atoms with Crippen LogP contribution in [-0.2, 0) is 0 Å². The maximum absolute atomic E-state index is 4.45. The number of benzene rings is 1. The van der Waals surface area contributed by atoms with Crippen molar-refractivity contribution in [2.45, 2.75) is 13.8 Å². The maximum atomic E-state index is 4.45. The van der Waals surface area contributed by atoms with Crippen LogP contribution in [0.5, 0.6) is 0 Å². The molecule has 0 radical (unpaired) electrons. The van der Waals surface area contributed by atoms with Crippen molar-refractivity contribution in [1.82, 2.24) is 9.97 Å². The second-order valence-electron chi connectivity index (χ2n) is 4.11. The number of nitrogens with zero attached hydrogens (tertiary/aromatic N) is 2. The summed E-state index contributed by atoms with van der Waals surface area (Å²) in [5.41, 5.74) is 4.49. The first kappa shape index (κ1) is 13.1. The van der Waals surface area contributed by atoms with E-state index in [2.05, 4.69) is 35.9 Å². The van der Waals surface area contributed by atoms with Crippen molar-refractivity contribution in [1.29, 1.82) is 0 Å². The Kier molecular flexibility index (Phi) is 3.91. The molecule has 0 unspecified atom stereocenters. The van der Waals surface area contributed by atoms with Crippen LogP contribution in [0.1, 0.15) is 11.1 Å². The molecule has 3 heteroatoms. The minimum Gasteiger partial charge on any atom is -0.254 e. The molecule has 2 aromatic heterocycles. The van der Waals surface area contributed by atoms with Crippen molar-refractivity contribution in [3.8, 4) is 0 Å². The molecule has 0 fully saturated rings. The van der Waals surface area contributed by atoms with Crippen molar-refractivity contribution < 1.29 is 49.4 Å². The molecular formula is C14H12EuN2+3. The van der Waals surface area contributed by atoms with Gasteiger partial charge in [0.05, 0.1) is 11.0 Å². The van der Waals surface area contributed by atoms with Crippen molar-refractivity contribution in [2.75, 3.05) is 0 Å². The van der Waals surface area contributed by atoms with Gasteiger partial charge in [0, 0.05) is 23.2 Å². The van der Waals surface area contributed by atoms with Crippen LogP contribution in [0.3, 0.4) is 0 Å². The first-order chi connectivity index (χ1) is 7.77. The second-order valence-corrected chi connectivity index (χ2v) is 4.11. The Morgan fingerprint density at radius 1 is 0.706 bits per heavy atom. The van der Waals surface area contributed by atoms with Gasteiger partial charge < -0.3 is 0 Å². The van der Waals surface area contributed by atoms with E-state index in [-0.39, 0.29) is 49.4 Å². The zero-order chi connectivity index (χ0) is 11.1. The monoisotopic (exact) mass is 361 g/mol. The molecule has 2 nitrogen and oxygen atoms in total. The van der Waals surface area contributed by atoms with E-state index in [9.17, 15) is 0 Å². The average molecular weight is 360 g/mol. The third-order valence-corrected chi connectivity index (χ3v) is 3.06. The zero-order valence-corrected chi connectivity index (χ0v) is 12.2. The van der Waals surface area contributed by atoms with Gasteiger partial charge in [-0.3, -0.25) is 9.97 Å². The van der Waals surface area contributed by atoms with Crippen LogP contribution in [0.25, 0.3) is 21.8 Å². The summed E-state index contributed by atoms with van der Waals surface area (Å²) in [6.45, 7) is 4.21. The summed E-state index contributed by atoms with van der Waals surface area (Å²) >= 11 is 0. The van der Waals surface area contributed by atoms with E-state index in [1.54, 1.807) is 0 Å². The predicted molar refractivity (Wildman–Crippen MR) is 66.5 cm³/mol. The molecule has 82 valence electrons. The molecule has 1 aromatic carbocycles. The first-order valence-corrected chi connectivity index (χ1v) is 5.37. The summed E-state index contributed by atoms with van der Waals surface area (Å²) in [7, 11) is 0. The van der Waals surface area contributed by atoms with Crippen LogP contribution < -0.4 is 0 Å². The van der Waals surface area contributed by atoms with Crippen LogP contribution in [0.2, 0.25) is 0 Å². The summed E-state index contributed by atoms with van der Waals surface area (Å²) in [6.07, 6.45) is 3.70. The summed E-state index contributed by atoms with van der Waals surface area (Å²) in [5.74, 6) is 0. The van der Waals surface area contributed by atoms with Crippen LogP contribution in [-0.4, -0.2) is 9.97 Å². The molecule has 3 aromatic rings. The molecule has 0 saturated heterocycles. The summed E-state index contributed by atoms with van der Waals surface area (Å²) in [4.78, 5) is 8.90. The van der Waals surface area contributed by atoms with Gasteiger partial charge in [0.15, 0.2) is 0 Å². The van der Waals surface area contributed by atoms with E-state index in [1.165, 1.54) is 21.9 Å². The van der Waals surface area contributed by atoms with E-state index in [4.69, 9.17) is 0 Å². The molecule has 0 aliphatic heterocycles. The van der Waals surface area contributed by atoms with Crippen LogP contribution >= 0.6 is 0 Å². The second kappa shape index (κ2) is 5.09. The maximum Gasteiger partial charge on any atom is 3.00 e. The van der Waals surface area contributed by atoms with Gasteiger partial charge >= 0.3 is 49.4 Å². The molecular weight excluding hydrogens is 348 g/mol. The number of rotatable bonds is 0. The molecule has 0 aliphatic rings. The first-order valence-electron chi connectivity index (χ1n) is 5.37. The van der Waals surface area contributed by atoms with E-state index in [0.717, 1.165) is 11.0 Å². The van der Waals surface area contributed by atoms with Crippen molar-refractivity contribution in [3.05, 3.63) is 47.8 Å². The third kappa shape index (κ3) is 2.16. The van der Waals surface area contributed by atoms with E-state index < -0.39 is 0 Å². The smallest absolute Gasteiger partial charge is 0.254 e. The van der Waals surface area contributed by atoms with Gasteiger partial charge in [-0.1, -0.05) is 12.1 Å². The Hall–Kier alpha value is -0.376. The van der Waals surface area contributed by atoms with Crippen molar-refractivity contribution in [3.63, 3.8) is 0 Å². The van der Waals surface area contributed by atoms with E-state index in [0.29, 0.717) is 0 Å². The Bertz CT molecular complexity index is 631. The van der Waals surface area contributed by atoms with Crippen LogP contribution in [0.15, 0.2) is 36.7 Å². The van der Waals surface area contributed by atoms with Gasteiger partial charge in [-0.15, -0.1) is 0 Å². The fourth-order valence-corrected chi connectivity index (χ4v) is 2.10. The molecule has 0 saturated carbocycles. The average Bonchev–Trinajstić information content (AvgIpc) is 2.30. The number of aryl methyl sites for hydroxylation is 2. The molecule has 0 atom stereocenters. The van der Waals surface area contributed by atoms with Gasteiger partial charge in [-0.05, 0) is 37.1 Å². The number of pyridine rings is 2. The van der Waals surface area contributed by atoms with Gasteiger partial charge in [0.1, 0.15) is 0 Å². The Morgan fingerprint density at radius 3 is 1.53 bits per heavy atom. The Labute approximate surface area is 141 Å². The molecule has 0 spiro atoms. The van der Waals surface area contributed by atoms with Crippen molar-refractivity contribution in [2.24, 2.45) is 0 Å². The van der Waals surface area contributed by atoms with Crippen molar-refractivity contribution >= 4 is 21.8 Å². The van der Waals surface area contributed by atoms with E-state index >= 15 is 0 Å². The quantitative estimate of drug-likeness (QED) is 0.575. The molecule has 0 bridgehead atoms. The Morgan fingerprint density at radius 2 is 1.12 bits per heavy atom. The normalized spacial score (nSPS) is 10.5. The largest absolute Gasteiger partial charge is 3.00 e. The topological polar surface area (TPSA) is 25.8 Å². The summed E-state index contributed by atoms with van der Waals surface area (Å²) < 4.78 is 0. The molecule has 3 rings (SSSR count). The molecule has 0 N–H and O–H groups in total. The number of hydrogen-bond acceptors (Lipinski definition) is 2. The molecule has 17 heavy (non-hydrogen) atoms. The third-order valence-electron chi connectivity index (χ3n) is 3.06. The van der Waals surface area contributed by atoms with Gasteiger partial charge in [0.2, 0.25) is 0 Å². The number of fused-ring (bicyclic) bond motifs is 3. The van der Waals surface area contributed by atoms with E-state index in [1.807, 2.05) is 24.5 Å². The molecule has 0 amide bonds.